The van der Waals surface area contributed by atoms with Gasteiger partial charge in [-0.3, -0.25) is 14.2 Å². The van der Waals surface area contributed by atoms with Crippen LogP contribution in [0.5, 0.6) is 0 Å². The summed E-state index contributed by atoms with van der Waals surface area (Å²) in [5, 5.41) is 10.7. The standard InChI is InChI=1S/C23H19ClFN5O3/c1-23(11-12-26-30(23)22(33)27-16-7-5-15(24)6-8-16)21(32)28-19-10-9-17(14-18(19)25)29-13-3-2-4-20(29)31/h2-10,12-14H,11H2,1H3,(H,27,33)(H,28,32)/t23-/m1/s1. The molecule has 168 valence electrons. The quantitative estimate of drug-likeness (QED) is 0.600. The first-order valence-electron chi connectivity index (χ1n) is 9.96. The fraction of sp³-hybridized carbons (Fsp3) is 0.130. The number of hydrogen-bond donors (Lipinski definition) is 2. The van der Waals surface area contributed by atoms with Crippen molar-refractivity contribution in [3.63, 3.8) is 0 Å². The third kappa shape index (κ3) is 4.49. The van der Waals surface area contributed by atoms with Crippen molar-refractivity contribution in [1.29, 1.82) is 0 Å². The van der Waals surface area contributed by atoms with Crippen molar-refractivity contribution in [2.45, 2.75) is 18.9 Å². The van der Waals surface area contributed by atoms with Crippen LogP contribution in [0.3, 0.4) is 0 Å². The summed E-state index contributed by atoms with van der Waals surface area (Å²) in [6.07, 6.45) is 3.11. The number of carbonyl (C=O) groups is 2. The SMILES string of the molecule is C[C@]1(C(=O)Nc2ccc(-n3ccccc3=O)cc2F)CC=NN1C(=O)Nc1ccc(Cl)cc1. The third-order valence-corrected chi connectivity index (χ3v) is 5.48. The second-order valence-corrected chi connectivity index (χ2v) is 7.99. The van der Waals surface area contributed by atoms with Gasteiger partial charge >= 0.3 is 6.03 Å². The summed E-state index contributed by atoms with van der Waals surface area (Å²) in [6, 6.07) is 14.5. The lowest BCUT2D eigenvalue weighted by atomic mass is 9.97. The van der Waals surface area contributed by atoms with Gasteiger partial charge in [0.1, 0.15) is 11.4 Å². The minimum absolute atomic E-state index is 0.0843. The molecule has 2 aromatic carbocycles. The van der Waals surface area contributed by atoms with E-state index in [1.54, 1.807) is 36.4 Å². The number of halogens is 2. The van der Waals surface area contributed by atoms with Crippen LogP contribution in [-0.2, 0) is 4.79 Å². The van der Waals surface area contributed by atoms with E-state index < -0.39 is 23.3 Å². The normalized spacial score (nSPS) is 17.1. The van der Waals surface area contributed by atoms with Gasteiger partial charge in [-0.1, -0.05) is 17.7 Å². The van der Waals surface area contributed by atoms with Gasteiger partial charge in [-0.05, 0) is 49.4 Å². The van der Waals surface area contributed by atoms with Crippen LogP contribution in [0.4, 0.5) is 20.6 Å². The largest absolute Gasteiger partial charge is 0.343 e. The van der Waals surface area contributed by atoms with Crippen LogP contribution in [0.2, 0.25) is 5.02 Å². The van der Waals surface area contributed by atoms with Crippen LogP contribution in [0.25, 0.3) is 5.69 Å². The molecule has 3 amide bonds. The molecule has 1 atom stereocenters. The Morgan fingerprint density at radius 1 is 1.09 bits per heavy atom. The fourth-order valence-electron chi connectivity index (χ4n) is 3.34. The highest BCUT2D eigenvalue weighted by molar-refractivity contribution is 6.30. The Labute approximate surface area is 193 Å². The second-order valence-electron chi connectivity index (χ2n) is 7.55. The Hall–Kier alpha value is -3.98. The summed E-state index contributed by atoms with van der Waals surface area (Å²) in [5.74, 6) is -1.34. The van der Waals surface area contributed by atoms with Crippen LogP contribution >= 0.6 is 11.6 Å². The maximum absolute atomic E-state index is 14.8. The van der Waals surface area contributed by atoms with E-state index in [-0.39, 0.29) is 17.7 Å². The molecule has 0 saturated carbocycles. The molecule has 4 rings (SSSR count). The van der Waals surface area contributed by atoms with Gasteiger partial charge in [0.25, 0.3) is 11.5 Å². The average Bonchev–Trinajstić information content (AvgIpc) is 3.20. The third-order valence-electron chi connectivity index (χ3n) is 5.23. The molecule has 1 aliphatic heterocycles. The van der Waals surface area contributed by atoms with E-state index >= 15 is 0 Å². The Morgan fingerprint density at radius 2 is 1.85 bits per heavy atom. The average molecular weight is 468 g/mol. The first kappa shape index (κ1) is 22.2. The van der Waals surface area contributed by atoms with Gasteiger partial charge in [0.15, 0.2) is 0 Å². The second kappa shape index (κ2) is 8.87. The number of hydrogen-bond acceptors (Lipinski definition) is 4. The molecule has 1 aromatic heterocycles. The number of amides is 3. The van der Waals surface area contributed by atoms with Gasteiger partial charge in [0.2, 0.25) is 0 Å². The van der Waals surface area contributed by atoms with E-state index in [2.05, 4.69) is 15.7 Å². The summed E-state index contributed by atoms with van der Waals surface area (Å²) in [4.78, 5) is 37.8. The van der Waals surface area contributed by atoms with E-state index in [0.29, 0.717) is 16.4 Å². The molecule has 2 heterocycles. The van der Waals surface area contributed by atoms with Crippen molar-refractivity contribution in [3.05, 3.63) is 88.1 Å². The van der Waals surface area contributed by atoms with Gasteiger partial charge < -0.3 is 10.6 Å². The zero-order valence-electron chi connectivity index (χ0n) is 17.5. The molecule has 0 fully saturated rings. The number of aromatic nitrogens is 1. The molecule has 0 bridgehead atoms. The number of carbonyl (C=O) groups excluding carboxylic acids is 2. The lowest BCUT2D eigenvalue weighted by Gasteiger charge is -2.31. The number of pyridine rings is 1. The summed E-state index contributed by atoms with van der Waals surface area (Å²) in [6.45, 7) is 1.53. The molecule has 10 heteroatoms. The van der Waals surface area contributed by atoms with E-state index in [4.69, 9.17) is 11.6 Å². The molecule has 0 radical (unpaired) electrons. The van der Waals surface area contributed by atoms with Crippen molar-refractivity contribution in [1.82, 2.24) is 9.58 Å². The smallest absolute Gasteiger partial charge is 0.321 e. The number of anilines is 2. The van der Waals surface area contributed by atoms with Crippen LogP contribution in [-0.4, -0.2) is 33.3 Å². The van der Waals surface area contributed by atoms with Crippen LogP contribution in [0.15, 0.2) is 76.8 Å². The minimum atomic E-state index is -1.38. The molecule has 2 N–H and O–H groups in total. The highest BCUT2D eigenvalue weighted by Crippen LogP contribution is 2.28. The van der Waals surface area contributed by atoms with Crippen molar-refractivity contribution in [2.75, 3.05) is 10.6 Å². The Bertz CT molecular complexity index is 1310. The zero-order chi connectivity index (χ0) is 23.6. The van der Waals surface area contributed by atoms with Crippen LogP contribution in [0, 0.1) is 5.82 Å². The Morgan fingerprint density at radius 3 is 2.55 bits per heavy atom. The predicted octanol–water partition coefficient (Wildman–Crippen LogP) is 4.25. The number of nitrogens with one attached hydrogen (secondary N) is 2. The number of rotatable bonds is 4. The van der Waals surface area contributed by atoms with Crippen molar-refractivity contribution < 1.29 is 14.0 Å². The number of urea groups is 1. The molecule has 0 aliphatic carbocycles. The summed E-state index contributed by atoms with van der Waals surface area (Å²) >= 11 is 5.86. The van der Waals surface area contributed by atoms with Gasteiger partial charge in [-0.25, -0.2) is 9.18 Å². The van der Waals surface area contributed by atoms with Crippen molar-refractivity contribution >= 4 is 41.1 Å². The summed E-state index contributed by atoms with van der Waals surface area (Å²) < 4.78 is 16.0. The van der Waals surface area contributed by atoms with Gasteiger partial charge in [-0.15, -0.1) is 0 Å². The van der Waals surface area contributed by atoms with Gasteiger partial charge in [0, 0.05) is 41.7 Å². The zero-order valence-corrected chi connectivity index (χ0v) is 18.2. The summed E-state index contributed by atoms with van der Waals surface area (Å²) in [5.41, 5.74) is -0.981. The van der Waals surface area contributed by atoms with Crippen LogP contribution < -0.4 is 16.2 Å². The minimum Gasteiger partial charge on any atom is -0.321 e. The number of nitrogens with zero attached hydrogens (tertiary/aromatic N) is 3. The van der Waals surface area contributed by atoms with Gasteiger partial charge in [-0.2, -0.15) is 10.1 Å². The molecular formula is C23H19ClFN5O3. The molecule has 0 unspecified atom stereocenters. The molecule has 0 saturated heterocycles. The monoisotopic (exact) mass is 467 g/mol. The molecular weight excluding hydrogens is 449 g/mol. The molecule has 1 aliphatic rings. The van der Waals surface area contributed by atoms with E-state index in [0.717, 1.165) is 11.1 Å². The first-order chi connectivity index (χ1) is 15.8. The van der Waals surface area contributed by atoms with E-state index in [9.17, 15) is 18.8 Å². The van der Waals surface area contributed by atoms with Crippen LogP contribution in [0.1, 0.15) is 13.3 Å². The number of hydrazone groups is 1. The molecule has 0 spiro atoms. The highest BCUT2D eigenvalue weighted by atomic mass is 35.5. The number of benzene rings is 2. The fourth-order valence-corrected chi connectivity index (χ4v) is 3.47. The van der Waals surface area contributed by atoms with Crippen molar-refractivity contribution in [3.8, 4) is 5.69 Å². The lowest BCUT2D eigenvalue weighted by Crippen LogP contribution is -2.53. The predicted molar refractivity (Wildman–Crippen MR) is 124 cm³/mol. The van der Waals surface area contributed by atoms with E-state index in [1.165, 1.54) is 42.1 Å². The molecule has 3 aromatic rings. The molecule has 8 nitrogen and oxygen atoms in total. The van der Waals surface area contributed by atoms with Crippen molar-refractivity contribution in [2.24, 2.45) is 5.10 Å². The summed E-state index contributed by atoms with van der Waals surface area (Å²) in [7, 11) is 0. The first-order valence-corrected chi connectivity index (χ1v) is 10.3. The highest BCUT2D eigenvalue weighted by Gasteiger charge is 2.45. The van der Waals surface area contributed by atoms with E-state index in [1.807, 2.05) is 0 Å². The topological polar surface area (TPSA) is 95.8 Å². The maximum atomic E-state index is 14.8. The lowest BCUT2D eigenvalue weighted by molar-refractivity contribution is -0.124. The Balaban J connectivity index is 1.51. The molecule has 33 heavy (non-hydrogen) atoms. The maximum Gasteiger partial charge on any atom is 0.343 e. The Kier molecular flexibility index (Phi) is 5.97. The van der Waals surface area contributed by atoms with Gasteiger partial charge in [0.05, 0.1) is 11.4 Å².